The highest BCUT2D eigenvalue weighted by molar-refractivity contribution is 5.85. The zero-order chi connectivity index (χ0) is 6.41. The summed E-state index contributed by atoms with van der Waals surface area (Å²) in [4.78, 5) is 13.2. The summed E-state index contributed by atoms with van der Waals surface area (Å²) in [5, 5.41) is 7.88. The van der Waals surface area contributed by atoms with Crippen LogP contribution in [-0.2, 0) is 4.79 Å². The van der Waals surface area contributed by atoms with Gasteiger partial charge in [0.15, 0.2) is 0 Å². The smallest absolute Gasteiger partial charge is 0.261 e. The van der Waals surface area contributed by atoms with Crippen molar-refractivity contribution in [1.29, 1.82) is 5.26 Å². The van der Waals surface area contributed by atoms with Gasteiger partial charge in [0, 0.05) is 0 Å². The maximum absolute atomic E-state index is 10.1. The Labute approximate surface area is 46.6 Å². The molecule has 0 rings (SSSR count). The second-order valence-electron chi connectivity index (χ2n) is 1.01. The minimum Gasteiger partial charge on any atom is -0.390 e. The van der Waals surface area contributed by atoms with Crippen LogP contribution in [0.4, 0.5) is 0 Å². The number of carbonyl (C=O) groups excluding carboxylic acids is 1. The number of amides is 1. The predicted molar refractivity (Wildman–Crippen MR) is 27.9 cm³/mol. The van der Waals surface area contributed by atoms with Crippen LogP contribution in [0.5, 0.6) is 0 Å². The zero-order valence-corrected chi connectivity index (χ0v) is 4.16. The van der Waals surface area contributed by atoms with Gasteiger partial charge < -0.3 is 5.73 Å². The maximum atomic E-state index is 10.1. The monoisotopic (exact) mass is 111 g/mol. The predicted octanol–water partition coefficient (Wildman–Crippen LogP) is -0.586. The van der Waals surface area contributed by atoms with E-state index in [2.05, 4.69) is 4.99 Å². The highest BCUT2D eigenvalue weighted by Gasteiger charge is 1.91. The van der Waals surface area contributed by atoms with Crippen LogP contribution in [0.2, 0.25) is 0 Å². The third kappa shape index (κ3) is 2.85. The molecule has 8 heavy (non-hydrogen) atoms. The van der Waals surface area contributed by atoms with E-state index >= 15 is 0 Å². The van der Waals surface area contributed by atoms with Crippen LogP contribution in [0, 0.1) is 11.3 Å². The van der Waals surface area contributed by atoms with Crippen molar-refractivity contribution in [1.82, 2.24) is 0 Å². The van der Waals surface area contributed by atoms with E-state index in [1.165, 1.54) is 0 Å². The van der Waals surface area contributed by atoms with Gasteiger partial charge in [-0.2, -0.15) is 5.26 Å². The molecule has 4 nitrogen and oxygen atoms in total. The first-order chi connectivity index (χ1) is 3.81. The van der Waals surface area contributed by atoms with Crippen molar-refractivity contribution in [2.24, 2.45) is 10.7 Å². The van der Waals surface area contributed by atoms with Gasteiger partial charge in [0.1, 0.15) is 6.42 Å². The van der Waals surface area contributed by atoms with Crippen molar-refractivity contribution in [2.45, 2.75) is 6.42 Å². The SMILES string of the molecule is N#CCC(=O)N=CN. The van der Waals surface area contributed by atoms with E-state index in [4.69, 9.17) is 11.0 Å². The Morgan fingerprint density at radius 2 is 2.62 bits per heavy atom. The molecule has 4 heteroatoms. The molecule has 0 spiro atoms. The minimum atomic E-state index is -0.505. The molecule has 1 amide bonds. The number of nitrogens with two attached hydrogens (primary N) is 1. The fourth-order valence-corrected chi connectivity index (χ4v) is 0.196. The first-order valence-electron chi connectivity index (χ1n) is 1.95. The van der Waals surface area contributed by atoms with Crippen molar-refractivity contribution < 1.29 is 4.79 Å². The molecule has 0 aliphatic carbocycles. The maximum Gasteiger partial charge on any atom is 0.261 e. The molecular formula is C4H5N3O. The largest absolute Gasteiger partial charge is 0.390 e. The Hall–Kier alpha value is -1.37. The summed E-state index contributed by atoms with van der Waals surface area (Å²) >= 11 is 0. The summed E-state index contributed by atoms with van der Waals surface area (Å²) in [5.41, 5.74) is 4.74. The summed E-state index contributed by atoms with van der Waals surface area (Å²) in [6, 6.07) is 1.63. The van der Waals surface area contributed by atoms with Crippen LogP contribution in [0.25, 0.3) is 0 Å². The number of nitrogens with zero attached hydrogens (tertiary/aromatic N) is 2. The Balaban J connectivity index is 3.53. The average molecular weight is 111 g/mol. The van der Waals surface area contributed by atoms with Crippen LogP contribution in [0.3, 0.4) is 0 Å². The lowest BCUT2D eigenvalue weighted by molar-refractivity contribution is -0.116. The lowest BCUT2D eigenvalue weighted by Crippen LogP contribution is -1.96. The molecule has 0 aliphatic rings. The number of hydrogen-bond acceptors (Lipinski definition) is 2. The van der Waals surface area contributed by atoms with Crippen molar-refractivity contribution >= 4 is 12.2 Å². The van der Waals surface area contributed by atoms with Crippen LogP contribution in [-0.4, -0.2) is 12.2 Å². The molecule has 0 heterocycles. The fraction of sp³-hybridized carbons (Fsp3) is 0.250. The first kappa shape index (κ1) is 6.63. The molecule has 0 saturated heterocycles. The normalized spacial score (nSPS) is 8.88. The van der Waals surface area contributed by atoms with E-state index in [1.807, 2.05) is 0 Å². The van der Waals surface area contributed by atoms with Gasteiger partial charge in [-0.15, -0.1) is 0 Å². The lowest BCUT2D eigenvalue weighted by atomic mass is 10.5. The minimum absolute atomic E-state index is 0.201. The fourth-order valence-electron chi connectivity index (χ4n) is 0.196. The number of rotatable bonds is 1. The highest BCUT2D eigenvalue weighted by Crippen LogP contribution is 1.77. The number of aliphatic imine (C=N–C) groups is 1. The van der Waals surface area contributed by atoms with Crippen LogP contribution >= 0.6 is 0 Å². The van der Waals surface area contributed by atoms with Gasteiger partial charge in [0.25, 0.3) is 5.91 Å². The second-order valence-corrected chi connectivity index (χ2v) is 1.01. The van der Waals surface area contributed by atoms with Crippen LogP contribution < -0.4 is 5.73 Å². The van der Waals surface area contributed by atoms with Crippen molar-refractivity contribution in [3.63, 3.8) is 0 Å². The third-order valence-electron chi connectivity index (χ3n) is 0.449. The lowest BCUT2D eigenvalue weighted by Gasteiger charge is -1.76. The molecule has 0 bridgehead atoms. The Morgan fingerprint density at radius 1 is 2.00 bits per heavy atom. The summed E-state index contributed by atoms with van der Waals surface area (Å²) in [6.07, 6.45) is 0.674. The molecule has 0 aromatic carbocycles. The van der Waals surface area contributed by atoms with Gasteiger partial charge in [0.2, 0.25) is 0 Å². The van der Waals surface area contributed by atoms with E-state index in [1.54, 1.807) is 6.07 Å². The van der Waals surface area contributed by atoms with Gasteiger partial charge in [-0.3, -0.25) is 4.79 Å². The van der Waals surface area contributed by atoms with Crippen LogP contribution in [0.1, 0.15) is 6.42 Å². The Kier molecular flexibility index (Phi) is 3.16. The molecule has 2 N–H and O–H groups in total. The standard InChI is InChI=1S/C4H5N3O/c5-2-1-4(8)7-3-6/h3H,1H2,(H2,6,7,8). The molecule has 0 radical (unpaired) electrons. The number of nitriles is 1. The Morgan fingerprint density at radius 3 is 3.00 bits per heavy atom. The molecule has 0 unspecified atom stereocenters. The molecule has 0 saturated carbocycles. The van der Waals surface area contributed by atoms with Crippen molar-refractivity contribution in [3.05, 3.63) is 0 Å². The first-order valence-corrected chi connectivity index (χ1v) is 1.95. The average Bonchev–Trinajstić information content (AvgIpc) is 1.68. The summed E-state index contributed by atoms with van der Waals surface area (Å²) in [6.45, 7) is 0. The molecule has 42 valence electrons. The topological polar surface area (TPSA) is 79.2 Å². The molecular weight excluding hydrogens is 106 g/mol. The van der Waals surface area contributed by atoms with E-state index in [-0.39, 0.29) is 6.42 Å². The molecule has 0 aliphatic heterocycles. The molecule has 0 aromatic heterocycles. The molecule has 0 aromatic rings. The third-order valence-corrected chi connectivity index (χ3v) is 0.449. The van der Waals surface area contributed by atoms with E-state index in [0.29, 0.717) is 0 Å². The van der Waals surface area contributed by atoms with E-state index in [9.17, 15) is 4.79 Å². The second kappa shape index (κ2) is 3.81. The number of carbonyl (C=O) groups is 1. The highest BCUT2D eigenvalue weighted by atomic mass is 16.1. The summed E-state index contributed by atoms with van der Waals surface area (Å²) in [5.74, 6) is -0.505. The summed E-state index contributed by atoms with van der Waals surface area (Å²) in [7, 11) is 0. The quantitative estimate of drug-likeness (QED) is 0.363. The molecule has 0 atom stereocenters. The number of hydrogen-bond donors (Lipinski definition) is 1. The van der Waals surface area contributed by atoms with Crippen molar-refractivity contribution in [2.75, 3.05) is 0 Å². The van der Waals surface area contributed by atoms with Crippen LogP contribution in [0.15, 0.2) is 4.99 Å². The molecule has 0 fully saturated rings. The van der Waals surface area contributed by atoms with Gasteiger partial charge in [0.05, 0.1) is 12.4 Å². The van der Waals surface area contributed by atoms with Gasteiger partial charge in [-0.1, -0.05) is 0 Å². The van der Waals surface area contributed by atoms with Gasteiger partial charge >= 0.3 is 0 Å². The van der Waals surface area contributed by atoms with Gasteiger partial charge in [-0.05, 0) is 0 Å². The van der Waals surface area contributed by atoms with Crippen molar-refractivity contribution in [3.8, 4) is 6.07 Å². The van der Waals surface area contributed by atoms with E-state index in [0.717, 1.165) is 6.34 Å². The Bertz CT molecular complexity index is 144. The summed E-state index contributed by atoms with van der Waals surface area (Å²) < 4.78 is 0. The van der Waals surface area contributed by atoms with E-state index < -0.39 is 5.91 Å². The zero-order valence-electron chi connectivity index (χ0n) is 4.16. The van der Waals surface area contributed by atoms with Gasteiger partial charge in [-0.25, -0.2) is 4.99 Å².